The first-order valence-corrected chi connectivity index (χ1v) is 8.89. The first-order chi connectivity index (χ1) is 13.9. The Balaban J connectivity index is 1.46. The van der Waals surface area contributed by atoms with E-state index in [-0.39, 0.29) is 6.79 Å². The molecule has 0 spiro atoms. The standard InChI is InChI=1S/C20H19N3O6/c1-20(12-3-6-14(27-2)7-4-12)18(25)23(19(26)22-20)10-17(24)21-13-5-8-15-16(9-13)29-11-28-15/h3-9H,10-11H2,1-2H3,(H,21,24)(H,22,26). The number of rotatable bonds is 5. The number of urea groups is 1. The summed E-state index contributed by atoms with van der Waals surface area (Å²) in [7, 11) is 1.54. The molecule has 0 bridgehead atoms. The third-order valence-corrected chi connectivity index (χ3v) is 4.90. The molecule has 150 valence electrons. The number of hydrogen-bond donors (Lipinski definition) is 2. The topological polar surface area (TPSA) is 106 Å². The Labute approximate surface area is 166 Å². The molecule has 2 aliphatic heterocycles. The number of carbonyl (C=O) groups excluding carboxylic acids is 3. The van der Waals surface area contributed by atoms with E-state index in [4.69, 9.17) is 14.2 Å². The van der Waals surface area contributed by atoms with Gasteiger partial charge in [0.15, 0.2) is 11.5 Å². The van der Waals surface area contributed by atoms with Crippen LogP contribution in [-0.4, -0.2) is 43.2 Å². The van der Waals surface area contributed by atoms with Crippen molar-refractivity contribution >= 4 is 23.5 Å². The molecule has 2 aliphatic rings. The van der Waals surface area contributed by atoms with Crippen LogP contribution in [0.2, 0.25) is 0 Å². The number of nitrogens with zero attached hydrogens (tertiary/aromatic N) is 1. The molecule has 2 N–H and O–H groups in total. The van der Waals surface area contributed by atoms with Crippen molar-refractivity contribution in [1.29, 1.82) is 0 Å². The van der Waals surface area contributed by atoms with Crippen molar-refractivity contribution in [2.45, 2.75) is 12.5 Å². The largest absolute Gasteiger partial charge is 0.497 e. The van der Waals surface area contributed by atoms with Crippen molar-refractivity contribution in [3.8, 4) is 17.2 Å². The lowest BCUT2D eigenvalue weighted by atomic mass is 9.92. The summed E-state index contributed by atoms with van der Waals surface area (Å²) in [6.07, 6.45) is 0. The lowest BCUT2D eigenvalue weighted by Gasteiger charge is -2.22. The monoisotopic (exact) mass is 397 g/mol. The molecule has 0 saturated carbocycles. The minimum atomic E-state index is -1.26. The summed E-state index contributed by atoms with van der Waals surface area (Å²) in [6.45, 7) is 1.31. The third-order valence-electron chi connectivity index (χ3n) is 4.90. The number of carbonyl (C=O) groups is 3. The molecule has 9 heteroatoms. The molecule has 0 radical (unpaired) electrons. The van der Waals surface area contributed by atoms with Crippen LogP contribution in [0.4, 0.5) is 10.5 Å². The fraction of sp³-hybridized carbons (Fsp3) is 0.250. The average molecular weight is 397 g/mol. The summed E-state index contributed by atoms with van der Waals surface area (Å²) in [5.41, 5.74) is -0.192. The molecular formula is C20H19N3O6. The predicted molar refractivity (Wildman–Crippen MR) is 102 cm³/mol. The second-order valence-electron chi connectivity index (χ2n) is 6.79. The predicted octanol–water partition coefficient (Wildman–Crippen LogP) is 1.83. The van der Waals surface area contributed by atoms with Gasteiger partial charge in [-0.1, -0.05) is 12.1 Å². The van der Waals surface area contributed by atoms with Gasteiger partial charge >= 0.3 is 6.03 Å². The second-order valence-corrected chi connectivity index (χ2v) is 6.79. The Hall–Kier alpha value is -3.75. The van der Waals surface area contributed by atoms with E-state index in [0.717, 1.165) is 4.90 Å². The van der Waals surface area contributed by atoms with Crippen molar-refractivity contribution < 1.29 is 28.6 Å². The van der Waals surface area contributed by atoms with Gasteiger partial charge in [-0.15, -0.1) is 0 Å². The highest BCUT2D eigenvalue weighted by atomic mass is 16.7. The van der Waals surface area contributed by atoms with E-state index in [0.29, 0.717) is 28.5 Å². The molecule has 1 atom stereocenters. The number of amides is 4. The summed E-state index contributed by atoms with van der Waals surface area (Å²) in [5, 5.41) is 5.32. The van der Waals surface area contributed by atoms with Gasteiger partial charge in [-0.2, -0.15) is 0 Å². The molecule has 4 rings (SSSR count). The molecule has 2 aromatic rings. The van der Waals surface area contributed by atoms with Crippen LogP contribution in [-0.2, 0) is 15.1 Å². The molecule has 0 aromatic heterocycles. The van der Waals surface area contributed by atoms with Crippen molar-refractivity contribution in [1.82, 2.24) is 10.2 Å². The van der Waals surface area contributed by atoms with Crippen LogP contribution in [0.25, 0.3) is 0 Å². The van der Waals surface area contributed by atoms with Gasteiger partial charge in [-0.25, -0.2) is 4.79 Å². The van der Waals surface area contributed by atoms with E-state index in [1.165, 1.54) is 0 Å². The highest BCUT2D eigenvalue weighted by Gasteiger charge is 2.49. The zero-order chi connectivity index (χ0) is 20.6. The maximum Gasteiger partial charge on any atom is 0.325 e. The molecule has 2 aromatic carbocycles. The van der Waals surface area contributed by atoms with E-state index in [1.54, 1.807) is 56.5 Å². The lowest BCUT2D eigenvalue weighted by molar-refractivity contribution is -0.133. The van der Waals surface area contributed by atoms with Gasteiger partial charge in [0.05, 0.1) is 7.11 Å². The molecule has 1 saturated heterocycles. The van der Waals surface area contributed by atoms with E-state index in [1.807, 2.05) is 0 Å². The summed E-state index contributed by atoms with van der Waals surface area (Å²) in [5.74, 6) is 0.728. The van der Waals surface area contributed by atoms with Gasteiger partial charge in [0.1, 0.15) is 17.8 Å². The van der Waals surface area contributed by atoms with Gasteiger partial charge in [-0.05, 0) is 36.8 Å². The van der Waals surface area contributed by atoms with Gasteiger partial charge < -0.3 is 24.8 Å². The molecule has 1 unspecified atom stereocenters. The average Bonchev–Trinajstić information content (AvgIpc) is 3.26. The molecule has 0 aliphatic carbocycles. The molecule has 1 fully saturated rings. The van der Waals surface area contributed by atoms with E-state index in [9.17, 15) is 14.4 Å². The highest BCUT2D eigenvalue weighted by Crippen LogP contribution is 2.34. The summed E-state index contributed by atoms with van der Waals surface area (Å²) in [4.78, 5) is 38.6. The van der Waals surface area contributed by atoms with Gasteiger partial charge in [-0.3, -0.25) is 14.5 Å². The summed E-state index contributed by atoms with van der Waals surface area (Å²) < 4.78 is 15.6. The van der Waals surface area contributed by atoms with Crippen LogP contribution in [0.5, 0.6) is 17.2 Å². The van der Waals surface area contributed by atoms with Crippen LogP contribution in [0.3, 0.4) is 0 Å². The fourth-order valence-electron chi connectivity index (χ4n) is 3.28. The SMILES string of the molecule is COc1ccc(C2(C)NC(=O)N(CC(=O)Nc3ccc4c(c3)OCO4)C2=O)cc1. The van der Waals surface area contributed by atoms with Crippen LogP contribution >= 0.6 is 0 Å². The van der Waals surface area contributed by atoms with Gasteiger partial charge in [0.25, 0.3) is 5.91 Å². The van der Waals surface area contributed by atoms with Crippen LogP contribution in [0.15, 0.2) is 42.5 Å². The molecule has 9 nitrogen and oxygen atoms in total. The van der Waals surface area contributed by atoms with Crippen molar-refractivity contribution in [3.63, 3.8) is 0 Å². The quantitative estimate of drug-likeness (QED) is 0.746. The number of hydrogen-bond acceptors (Lipinski definition) is 6. The second kappa shape index (κ2) is 7.01. The summed E-state index contributed by atoms with van der Waals surface area (Å²) in [6, 6.07) is 11.1. The lowest BCUT2D eigenvalue weighted by Crippen LogP contribution is -2.42. The number of fused-ring (bicyclic) bond motifs is 1. The van der Waals surface area contributed by atoms with Crippen LogP contribution in [0.1, 0.15) is 12.5 Å². The fourth-order valence-corrected chi connectivity index (χ4v) is 3.28. The summed E-state index contributed by atoms with van der Waals surface area (Å²) >= 11 is 0. The highest BCUT2D eigenvalue weighted by molar-refractivity contribution is 6.10. The Morgan fingerprint density at radius 1 is 1.17 bits per heavy atom. The van der Waals surface area contributed by atoms with Crippen molar-refractivity contribution in [2.24, 2.45) is 0 Å². The first kappa shape index (κ1) is 18.6. The van der Waals surface area contributed by atoms with E-state index in [2.05, 4.69) is 10.6 Å². The van der Waals surface area contributed by atoms with Gasteiger partial charge in [0, 0.05) is 11.8 Å². The van der Waals surface area contributed by atoms with Gasteiger partial charge in [0.2, 0.25) is 12.7 Å². The minimum Gasteiger partial charge on any atom is -0.497 e. The normalized spacial score (nSPS) is 19.9. The number of methoxy groups -OCH3 is 1. The number of ether oxygens (including phenoxy) is 3. The molecule has 2 heterocycles. The van der Waals surface area contributed by atoms with E-state index >= 15 is 0 Å². The third kappa shape index (κ3) is 3.31. The minimum absolute atomic E-state index is 0.124. The van der Waals surface area contributed by atoms with Crippen molar-refractivity contribution in [2.75, 3.05) is 25.8 Å². The maximum atomic E-state index is 12.9. The number of imide groups is 1. The number of nitrogens with one attached hydrogen (secondary N) is 2. The first-order valence-electron chi connectivity index (χ1n) is 8.89. The maximum absolute atomic E-state index is 12.9. The zero-order valence-electron chi connectivity index (χ0n) is 15.9. The Morgan fingerprint density at radius 3 is 2.62 bits per heavy atom. The zero-order valence-corrected chi connectivity index (χ0v) is 15.9. The van der Waals surface area contributed by atoms with Crippen molar-refractivity contribution in [3.05, 3.63) is 48.0 Å². The van der Waals surface area contributed by atoms with Crippen LogP contribution in [0, 0.1) is 0 Å². The van der Waals surface area contributed by atoms with Crippen LogP contribution < -0.4 is 24.8 Å². The Bertz CT molecular complexity index is 990. The smallest absolute Gasteiger partial charge is 0.325 e. The number of benzene rings is 2. The molecular weight excluding hydrogens is 378 g/mol. The molecule has 4 amide bonds. The Morgan fingerprint density at radius 2 is 1.90 bits per heavy atom. The number of anilines is 1. The molecule has 29 heavy (non-hydrogen) atoms. The Kier molecular flexibility index (Phi) is 4.50. The van der Waals surface area contributed by atoms with E-state index < -0.39 is 29.9 Å².